The molecule has 2 aliphatic heterocycles. The van der Waals surface area contributed by atoms with E-state index in [-0.39, 0.29) is 16.3 Å². The van der Waals surface area contributed by atoms with Crippen molar-refractivity contribution in [3.63, 3.8) is 0 Å². The van der Waals surface area contributed by atoms with Gasteiger partial charge in [0, 0.05) is 22.7 Å². The van der Waals surface area contributed by atoms with Crippen LogP contribution in [0.4, 0.5) is 10.1 Å². The second kappa shape index (κ2) is 7.47. The Morgan fingerprint density at radius 3 is 2.55 bits per heavy atom. The minimum absolute atomic E-state index is 0.108. The van der Waals surface area contributed by atoms with Crippen LogP contribution in [-0.2, 0) is 15.0 Å². The normalized spacial score (nSPS) is 27.4. The number of nitrogens with one attached hydrogen (secondary N) is 2. The molecule has 8 heteroatoms. The molecule has 2 aliphatic rings. The summed E-state index contributed by atoms with van der Waals surface area (Å²) in [7, 11) is 0. The third kappa shape index (κ3) is 3.51. The molecule has 164 valence electrons. The zero-order valence-electron chi connectivity index (χ0n) is 17.3. The van der Waals surface area contributed by atoms with Crippen molar-refractivity contribution in [2.75, 3.05) is 5.32 Å². The first kappa shape index (κ1) is 22.1. The largest absolute Gasteiger partial charge is 0.480 e. The Balaban J connectivity index is 2.03. The van der Waals surface area contributed by atoms with E-state index < -0.39 is 35.2 Å². The highest BCUT2D eigenvalue weighted by atomic mass is 35.5. The predicted molar refractivity (Wildman–Crippen MR) is 118 cm³/mol. The fourth-order valence-electron chi connectivity index (χ4n) is 5.12. The third-order valence-electron chi connectivity index (χ3n) is 6.17. The van der Waals surface area contributed by atoms with Crippen molar-refractivity contribution in [3.8, 4) is 0 Å². The Morgan fingerprint density at radius 2 is 1.94 bits per heavy atom. The van der Waals surface area contributed by atoms with Crippen molar-refractivity contribution in [2.24, 2.45) is 5.41 Å². The number of carboxylic acids is 1. The van der Waals surface area contributed by atoms with Gasteiger partial charge in [0.05, 0.1) is 5.02 Å². The maximum Gasteiger partial charge on any atom is 0.321 e. The van der Waals surface area contributed by atoms with Crippen LogP contribution in [0.25, 0.3) is 0 Å². The number of hydrogen-bond acceptors (Lipinski definition) is 3. The zero-order chi connectivity index (χ0) is 22.7. The molecule has 0 aromatic heterocycles. The zero-order valence-corrected chi connectivity index (χ0v) is 18.8. The lowest BCUT2D eigenvalue weighted by molar-refractivity contribution is -0.139. The maximum atomic E-state index is 14.6. The summed E-state index contributed by atoms with van der Waals surface area (Å²) in [6, 6.07) is 7.85. The topological polar surface area (TPSA) is 78.4 Å². The standard InChI is InChI=1S/C23H23Cl2FN2O3/c1-22(2,3)10-17-23(13-8-15(26)14(25)9-16(13)27-21(23)31)18(19(28-17)20(29)30)11-5-4-6-12(24)7-11/h4-9,17-19,28H,10H2,1-3H3,(H,27,31)(H,29,30)/t17-,18+,19-,23+/m1/s1. The van der Waals surface area contributed by atoms with Crippen LogP contribution in [0.15, 0.2) is 36.4 Å². The van der Waals surface area contributed by atoms with Gasteiger partial charge in [0.25, 0.3) is 0 Å². The van der Waals surface area contributed by atoms with Gasteiger partial charge < -0.3 is 10.4 Å². The van der Waals surface area contributed by atoms with Gasteiger partial charge in [0.1, 0.15) is 17.3 Å². The quantitative estimate of drug-likeness (QED) is 0.599. The molecule has 1 saturated heterocycles. The number of halogens is 3. The van der Waals surface area contributed by atoms with E-state index >= 15 is 0 Å². The highest BCUT2D eigenvalue weighted by Crippen LogP contribution is 2.57. The van der Waals surface area contributed by atoms with Crippen molar-refractivity contribution in [2.45, 2.75) is 50.6 Å². The van der Waals surface area contributed by atoms with Gasteiger partial charge >= 0.3 is 5.97 Å². The van der Waals surface area contributed by atoms with Crippen LogP contribution in [0.1, 0.15) is 44.2 Å². The highest BCUT2D eigenvalue weighted by molar-refractivity contribution is 6.31. The molecule has 3 N–H and O–H groups in total. The molecule has 4 atom stereocenters. The van der Waals surface area contributed by atoms with Crippen molar-refractivity contribution in [3.05, 3.63) is 63.4 Å². The van der Waals surface area contributed by atoms with Crippen LogP contribution < -0.4 is 10.6 Å². The minimum Gasteiger partial charge on any atom is -0.480 e. The lowest BCUT2D eigenvalue weighted by Crippen LogP contribution is -2.49. The van der Waals surface area contributed by atoms with E-state index in [1.165, 1.54) is 12.1 Å². The van der Waals surface area contributed by atoms with Gasteiger partial charge in [-0.25, -0.2) is 4.39 Å². The number of hydrogen-bond donors (Lipinski definition) is 3. The predicted octanol–water partition coefficient (Wildman–Crippen LogP) is 4.97. The van der Waals surface area contributed by atoms with Crippen LogP contribution in [0.2, 0.25) is 10.0 Å². The molecule has 2 aromatic carbocycles. The molecule has 0 unspecified atom stereocenters. The van der Waals surface area contributed by atoms with E-state index in [2.05, 4.69) is 10.6 Å². The smallest absolute Gasteiger partial charge is 0.321 e. The summed E-state index contributed by atoms with van der Waals surface area (Å²) in [6.07, 6.45) is 0.491. The molecule has 0 saturated carbocycles. The average Bonchev–Trinajstić information content (AvgIpc) is 3.12. The van der Waals surface area contributed by atoms with Gasteiger partial charge in [-0.05, 0) is 47.2 Å². The molecule has 0 bridgehead atoms. The van der Waals surface area contributed by atoms with Gasteiger partial charge in [-0.3, -0.25) is 14.9 Å². The molecular formula is C23H23Cl2FN2O3. The molecule has 0 radical (unpaired) electrons. The summed E-state index contributed by atoms with van der Waals surface area (Å²) >= 11 is 12.2. The van der Waals surface area contributed by atoms with Crippen LogP contribution >= 0.6 is 23.2 Å². The molecule has 1 spiro atoms. The Morgan fingerprint density at radius 1 is 1.23 bits per heavy atom. The Kier molecular flexibility index (Phi) is 5.31. The fourth-order valence-corrected chi connectivity index (χ4v) is 5.48. The second-order valence-corrected chi connectivity index (χ2v) is 10.3. The number of anilines is 1. The monoisotopic (exact) mass is 464 g/mol. The molecular weight excluding hydrogens is 442 g/mol. The maximum absolute atomic E-state index is 14.6. The molecule has 2 aromatic rings. The average molecular weight is 465 g/mol. The number of carbonyl (C=O) groups excluding carboxylic acids is 1. The highest BCUT2D eigenvalue weighted by Gasteiger charge is 2.66. The first-order valence-electron chi connectivity index (χ1n) is 10.0. The summed E-state index contributed by atoms with van der Waals surface area (Å²) in [5.41, 5.74) is -0.167. The summed E-state index contributed by atoms with van der Waals surface area (Å²) in [4.78, 5) is 26.0. The van der Waals surface area contributed by atoms with E-state index in [1.807, 2.05) is 20.8 Å². The summed E-state index contributed by atoms with van der Waals surface area (Å²) in [6.45, 7) is 6.04. The first-order chi connectivity index (χ1) is 14.4. The number of carbonyl (C=O) groups is 2. The van der Waals surface area contributed by atoms with Crippen molar-refractivity contribution in [1.82, 2.24) is 5.32 Å². The summed E-state index contributed by atoms with van der Waals surface area (Å²) in [5.74, 6) is -2.93. The molecule has 0 aliphatic carbocycles. The lowest BCUT2D eigenvalue weighted by Gasteiger charge is -2.37. The fraction of sp³-hybridized carbons (Fsp3) is 0.391. The third-order valence-corrected chi connectivity index (χ3v) is 6.70. The molecule has 5 nitrogen and oxygen atoms in total. The Labute approximate surface area is 189 Å². The number of rotatable bonds is 3. The number of carboxylic acid groups (broad SMARTS) is 1. The van der Waals surface area contributed by atoms with Gasteiger partial charge in [-0.2, -0.15) is 0 Å². The minimum atomic E-state index is -1.35. The van der Waals surface area contributed by atoms with Crippen molar-refractivity contribution in [1.29, 1.82) is 0 Å². The van der Waals surface area contributed by atoms with Gasteiger partial charge in [-0.1, -0.05) is 56.1 Å². The molecule has 1 amide bonds. The van der Waals surface area contributed by atoms with E-state index in [1.54, 1.807) is 24.3 Å². The van der Waals surface area contributed by atoms with Gasteiger partial charge in [0.15, 0.2) is 0 Å². The second-order valence-electron chi connectivity index (χ2n) is 9.47. The molecule has 2 heterocycles. The summed E-state index contributed by atoms with van der Waals surface area (Å²) < 4.78 is 14.6. The van der Waals surface area contributed by atoms with Crippen molar-refractivity contribution >= 4 is 40.8 Å². The summed E-state index contributed by atoms with van der Waals surface area (Å²) in [5, 5.41) is 16.4. The van der Waals surface area contributed by atoms with Crippen LogP contribution in [0, 0.1) is 11.2 Å². The van der Waals surface area contributed by atoms with E-state index in [4.69, 9.17) is 23.2 Å². The van der Waals surface area contributed by atoms with Crippen LogP contribution in [0.5, 0.6) is 0 Å². The van der Waals surface area contributed by atoms with E-state index in [9.17, 15) is 19.1 Å². The number of amides is 1. The van der Waals surface area contributed by atoms with E-state index in [0.717, 1.165) is 0 Å². The van der Waals surface area contributed by atoms with Crippen LogP contribution in [0.3, 0.4) is 0 Å². The van der Waals surface area contributed by atoms with Gasteiger partial charge in [-0.15, -0.1) is 0 Å². The van der Waals surface area contributed by atoms with Crippen molar-refractivity contribution < 1.29 is 19.1 Å². The van der Waals surface area contributed by atoms with E-state index in [0.29, 0.717) is 28.3 Å². The first-order valence-corrected chi connectivity index (χ1v) is 10.8. The number of benzene rings is 2. The lowest BCUT2D eigenvalue weighted by atomic mass is 9.62. The number of aliphatic carboxylic acids is 1. The Hall–Kier alpha value is -2.15. The van der Waals surface area contributed by atoms with Gasteiger partial charge in [0.2, 0.25) is 5.91 Å². The number of fused-ring (bicyclic) bond motifs is 2. The van der Waals surface area contributed by atoms with Crippen LogP contribution in [-0.4, -0.2) is 29.1 Å². The molecule has 1 fully saturated rings. The molecule has 4 rings (SSSR count). The molecule has 31 heavy (non-hydrogen) atoms. The SMILES string of the molecule is CC(C)(C)C[C@H]1N[C@@H](C(=O)O)[C@H](c2cccc(Cl)c2)[C@@]12C(=O)Nc1cc(Cl)c(F)cc12. The Bertz CT molecular complexity index is 1080.